The smallest absolute Gasteiger partial charge is 0.306 e. The van der Waals surface area contributed by atoms with Crippen LogP contribution in [-0.2, 0) is 19.0 Å². The van der Waals surface area contributed by atoms with Gasteiger partial charge in [0.05, 0.1) is 12.2 Å². The molecule has 0 amide bonds. The lowest BCUT2D eigenvalue weighted by molar-refractivity contribution is -0.196. The first-order valence-corrected chi connectivity index (χ1v) is 10.4. The molecule has 0 bridgehead atoms. The zero-order valence-electron chi connectivity index (χ0n) is 16.6. The van der Waals surface area contributed by atoms with Crippen molar-refractivity contribution in [3.05, 3.63) is 12.2 Å². The van der Waals surface area contributed by atoms with Crippen LogP contribution in [0.25, 0.3) is 0 Å². The van der Waals surface area contributed by atoms with E-state index in [2.05, 4.69) is 0 Å². The zero-order chi connectivity index (χ0) is 19.6. The predicted molar refractivity (Wildman–Crippen MR) is 101 cm³/mol. The minimum atomic E-state index is -1.03. The lowest BCUT2D eigenvalue weighted by atomic mass is 9.91. The van der Waals surface area contributed by atoms with Gasteiger partial charge in [-0.3, -0.25) is 4.79 Å². The van der Waals surface area contributed by atoms with E-state index in [-0.39, 0.29) is 42.9 Å². The van der Waals surface area contributed by atoms with Gasteiger partial charge < -0.3 is 19.3 Å². The molecule has 27 heavy (non-hydrogen) atoms. The average molecular weight is 387 g/mol. The highest BCUT2D eigenvalue weighted by atomic mass is 19.1. The number of unbranched alkanes of at least 4 members (excludes halogenated alkanes) is 1. The second-order valence-corrected chi connectivity index (χ2v) is 7.87. The van der Waals surface area contributed by atoms with E-state index in [4.69, 9.17) is 14.2 Å². The number of ether oxygens (including phenoxy) is 3. The summed E-state index contributed by atoms with van der Waals surface area (Å²) in [4.78, 5) is 11.5. The molecule has 5 nitrogen and oxygen atoms in total. The number of allylic oxidation sites excluding steroid dienone is 2. The Hall–Kier alpha value is -0.980. The van der Waals surface area contributed by atoms with Crippen LogP contribution in [0, 0.1) is 11.8 Å². The molecule has 1 N–H and O–H groups in total. The molecule has 6 heteroatoms. The van der Waals surface area contributed by atoms with Gasteiger partial charge in [-0.15, -0.1) is 0 Å². The highest BCUT2D eigenvalue weighted by Crippen LogP contribution is 2.40. The number of hydrogen-bond donors (Lipinski definition) is 1. The standard InChI is InChI=1S/C21H35FO5/c1-15(2)26-20(24)10-6-4-3-5-9-16-17(14-23)18(22)13-19(16)27-21-11-7-8-12-25-21/h3,5,15-19,21,23H,4,6-14H2,1-2H3/t16-,17-,18+,19-,21?/m1/s1. The number of aliphatic hydroxyl groups is 1. The lowest BCUT2D eigenvalue weighted by Gasteiger charge is -2.29. The van der Waals surface area contributed by atoms with Crippen LogP contribution in [0.4, 0.5) is 4.39 Å². The van der Waals surface area contributed by atoms with Crippen molar-refractivity contribution in [2.45, 2.75) is 89.9 Å². The van der Waals surface area contributed by atoms with Gasteiger partial charge in [0.2, 0.25) is 0 Å². The summed E-state index contributed by atoms with van der Waals surface area (Å²) < 4.78 is 31.1. The van der Waals surface area contributed by atoms with Crippen molar-refractivity contribution in [2.75, 3.05) is 13.2 Å². The van der Waals surface area contributed by atoms with E-state index >= 15 is 0 Å². The van der Waals surface area contributed by atoms with Crippen molar-refractivity contribution in [1.29, 1.82) is 0 Å². The molecular formula is C21H35FO5. The maximum absolute atomic E-state index is 14.3. The van der Waals surface area contributed by atoms with Gasteiger partial charge in [0.25, 0.3) is 0 Å². The molecule has 2 rings (SSSR count). The molecule has 0 aromatic carbocycles. The summed E-state index contributed by atoms with van der Waals surface area (Å²) in [5.41, 5.74) is 0. The Morgan fingerprint density at radius 1 is 1.30 bits per heavy atom. The Morgan fingerprint density at radius 3 is 2.78 bits per heavy atom. The van der Waals surface area contributed by atoms with Gasteiger partial charge in [0.15, 0.2) is 6.29 Å². The number of aliphatic hydroxyl groups excluding tert-OH is 1. The number of alkyl halides is 1. The second-order valence-electron chi connectivity index (χ2n) is 7.87. The molecule has 0 aromatic rings. The fraction of sp³-hybridized carbons (Fsp3) is 0.857. The Morgan fingerprint density at radius 2 is 2.11 bits per heavy atom. The minimum absolute atomic E-state index is 0.0438. The van der Waals surface area contributed by atoms with Crippen LogP contribution in [0.5, 0.6) is 0 Å². The second kappa shape index (κ2) is 11.8. The maximum atomic E-state index is 14.3. The van der Waals surface area contributed by atoms with E-state index in [0.29, 0.717) is 25.9 Å². The highest BCUT2D eigenvalue weighted by Gasteiger charge is 2.44. The van der Waals surface area contributed by atoms with E-state index in [0.717, 1.165) is 32.1 Å². The summed E-state index contributed by atoms with van der Waals surface area (Å²) in [6.45, 7) is 4.22. The third-order valence-corrected chi connectivity index (χ3v) is 5.32. The normalized spacial score (nSPS) is 31.7. The Bertz CT molecular complexity index is 461. The Labute approximate surface area is 162 Å². The lowest BCUT2D eigenvalue weighted by Crippen LogP contribution is -2.31. The van der Waals surface area contributed by atoms with Gasteiger partial charge >= 0.3 is 5.97 Å². The van der Waals surface area contributed by atoms with Gasteiger partial charge in [0.1, 0.15) is 6.17 Å². The number of halogens is 1. The van der Waals surface area contributed by atoms with E-state index < -0.39 is 6.17 Å². The fourth-order valence-electron chi connectivity index (χ4n) is 3.92. The summed E-state index contributed by atoms with van der Waals surface area (Å²) in [6, 6.07) is 0. The van der Waals surface area contributed by atoms with Crippen molar-refractivity contribution in [3.63, 3.8) is 0 Å². The number of rotatable bonds is 10. The predicted octanol–water partition coefficient (Wildman–Crippen LogP) is 3.93. The van der Waals surface area contributed by atoms with Crippen LogP contribution in [0.15, 0.2) is 12.2 Å². The molecule has 1 heterocycles. The maximum Gasteiger partial charge on any atom is 0.306 e. The summed E-state index contributed by atoms with van der Waals surface area (Å²) in [7, 11) is 0. The summed E-state index contributed by atoms with van der Waals surface area (Å²) in [5, 5.41) is 9.60. The van der Waals surface area contributed by atoms with Gasteiger partial charge in [-0.25, -0.2) is 4.39 Å². The third-order valence-electron chi connectivity index (χ3n) is 5.32. The van der Waals surface area contributed by atoms with Crippen molar-refractivity contribution in [1.82, 2.24) is 0 Å². The van der Waals surface area contributed by atoms with Crippen LogP contribution in [0.3, 0.4) is 0 Å². The summed E-state index contributed by atoms with van der Waals surface area (Å²) in [6.07, 6.45) is 8.36. The molecule has 0 radical (unpaired) electrons. The van der Waals surface area contributed by atoms with E-state index in [1.54, 1.807) is 0 Å². The molecule has 156 valence electrons. The molecular weight excluding hydrogens is 351 g/mol. The Balaban J connectivity index is 1.76. The molecule has 5 atom stereocenters. The molecule has 1 saturated carbocycles. The van der Waals surface area contributed by atoms with Gasteiger partial charge in [-0.2, -0.15) is 0 Å². The largest absolute Gasteiger partial charge is 0.463 e. The monoisotopic (exact) mass is 386 g/mol. The summed E-state index contributed by atoms with van der Waals surface area (Å²) >= 11 is 0. The van der Waals surface area contributed by atoms with Gasteiger partial charge in [-0.1, -0.05) is 12.2 Å². The number of esters is 1. The molecule has 2 fully saturated rings. The van der Waals surface area contributed by atoms with Gasteiger partial charge in [0, 0.05) is 32.0 Å². The number of carbonyl (C=O) groups is 1. The first kappa shape index (κ1) is 22.3. The van der Waals surface area contributed by atoms with Crippen LogP contribution in [0.1, 0.15) is 65.2 Å². The van der Waals surface area contributed by atoms with Crippen molar-refractivity contribution in [3.8, 4) is 0 Å². The molecule has 1 unspecified atom stereocenters. The topological polar surface area (TPSA) is 65.0 Å². The SMILES string of the molecule is CC(C)OC(=O)CCCC=CC[C@@H]1[C@@H](CO)[C@@H](F)C[C@H]1OC1CCCCO1. The molecule has 1 aliphatic heterocycles. The minimum Gasteiger partial charge on any atom is -0.463 e. The molecule has 1 saturated heterocycles. The number of hydrogen-bond acceptors (Lipinski definition) is 5. The van der Waals surface area contributed by atoms with E-state index in [1.807, 2.05) is 26.0 Å². The Kier molecular flexibility index (Phi) is 9.73. The van der Waals surface area contributed by atoms with Crippen LogP contribution < -0.4 is 0 Å². The van der Waals surface area contributed by atoms with Crippen LogP contribution >= 0.6 is 0 Å². The molecule has 0 aromatic heterocycles. The van der Waals surface area contributed by atoms with E-state index in [9.17, 15) is 14.3 Å². The van der Waals surface area contributed by atoms with E-state index in [1.165, 1.54) is 0 Å². The van der Waals surface area contributed by atoms with Crippen molar-refractivity contribution >= 4 is 5.97 Å². The summed E-state index contributed by atoms with van der Waals surface area (Å²) in [5.74, 6) is -0.599. The van der Waals surface area contributed by atoms with Crippen LogP contribution in [-0.4, -0.2) is 49.0 Å². The zero-order valence-corrected chi connectivity index (χ0v) is 16.6. The van der Waals surface area contributed by atoms with Crippen LogP contribution in [0.2, 0.25) is 0 Å². The quantitative estimate of drug-likeness (QED) is 0.350. The molecule has 2 aliphatic rings. The van der Waals surface area contributed by atoms with Crippen molar-refractivity contribution < 1.29 is 28.5 Å². The first-order chi connectivity index (χ1) is 13.0. The number of carbonyl (C=O) groups excluding carboxylic acids is 1. The third kappa shape index (κ3) is 7.51. The fourth-order valence-corrected chi connectivity index (χ4v) is 3.92. The van der Waals surface area contributed by atoms with Gasteiger partial charge in [-0.05, 0) is 58.3 Å². The molecule has 1 aliphatic carbocycles. The molecule has 0 spiro atoms. The highest BCUT2D eigenvalue weighted by molar-refractivity contribution is 5.69. The first-order valence-electron chi connectivity index (χ1n) is 10.4. The average Bonchev–Trinajstić information content (AvgIpc) is 2.92. The van der Waals surface area contributed by atoms with Crippen molar-refractivity contribution in [2.24, 2.45) is 11.8 Å².